The fourth-order valence-electron chi connectivity index (χ4n) is 0.946. The van der Waals surface area contributed by atoms with Crippen molar-refractivity contribution in [3.8, 4) is 0 Å². The molecule has 1 N–H and O–H groups in total. The van der Waals surface area contributed by atoms with E-state index in [1.54, 1.807) is 0 Å². The Hall–Kier alpha value is -0.420. The van der Waals surface area contributed by atoms with Crippen LogP contribution in [0.3, 0.4) is 0 Å². The van der Waals surface area contributed by atoms with Crippen molar-refractivity contribution in [1.29, 1.82) is 0 Å². The highest BCUT2D eigenvalue weighted by Gasteiger charge is 2.21. The second kappa shape index (κ2) is 3.12. The van der Waals surface area contributed by atoms with E-state index in [2.05, 4.69) is 0 Å². The average Bonchev–Trinajstić information content (AvgIpc) is 1.88. The molecule has 1 rings (SSSR count). The maximum absolute atomic E-state index is 10.8. The van der Waals surface area contributed by atoms with Crippen molar-refractivity contribution < 1.29 is 13.6 Å². The SMILES string of the molecule is O=C1CCCCN1S(=O)O. The lowest BCUT2D eigenvalue weighted by atomic mass is 10.2. The molecule has 1 amide bonds. The first-order valence-corrected chi connectivity index (χ1v) is 4.19. The minimum atomic E-state index is -2.10. The molecule has 0 aliphatic carbocycles. The van der Waals surface area contributed by atoms with Crippen molar-refractivity contribution in [3.05, 3.63) is 0 Å². The van der Waals surface area contributed by atoms with E-state index in [1.807, 2.05) is 0 Å². The lowest BCUT2D eigenvalue weighted by molar-refractivity contribution is -0.128. The van der Waals surface area contributed by atoms with Crippen LogP contribution >= 0.6 is 0 Å². The van der Waals surface area contributed by atoms with E-state index in [-0.39, 0.29) is 5.91 Å². The summed E-state index contributed by atoms with van der Waals surface area (Å²) in [6.45, 7) is 0.419. The van der Waals surface area contributed by atoms with Crippen LogP contribution < -0.4 is 0 Å². The smallest absolute Gasteiger partial charge is 0.264 e. The molecule has 1 aliphatic heterocycles. The van der Waals surface area contributed by atoms with Crippen LogP contribution in [0.25, 0.3) is 0 Å². The third-order valence-electron chi connectivity index (χ3n) is 1.47. The molecule has 0 radical (unpaired) electrons. The summed E-state index contributed by atoms with van der Waals surface area (Å²) in [5.41, 5.74) is 0. The van der Waals surface area contributed by atoms with Gasteiger partial charge in [-0.25, -0.2) is 8.51 Å². The average molecular weight is 163 g/mol. The van der Waals surface area contributed by atoms with Gasteiger partial charge in [-0.2, -0.15) is 0 Å². The number of nitrogens with zero attached hydrogens (tertiary/aromatic N) is 1. The molecule has 1 fully saturated rings. The van der Waals surface area contributed by atoms with Crippen molar-refractivity contribution in [3.63, 3.8) is 0 Å². The van der Waals surface area contributed by atoms with Crippen molar-refractivity contribution in [1.82, 2.24) is 4.31 Å². The standard InChI is InChI=1S/C5H9NO3S/c7-5-3-1-2-4-6(5)10(8)9/h1-4H2,(H,8,9). The van der Waals surface area contributed by atoms with E-state index in [1.165, 1.54) is 0 Å². The summed E-state index contributed by atoms with van der Waals surface area (Å²) in [5.74, 6) is -0.216. The van der Waals surface area contributed by atoms with Crippen LogP contribution in [0.15, 0.2) is 0 Å². The molecule has 10 heavy (non-hydrogen) atoms. The summed E-state index contributed by atoms with van der Waals surface area (Å²) < 4.78 is 19.9. The van der Waals surface area contributed by atoms with Crippen LogP contribution in [-0.4, -0.2) is 25.5 Å². The van der Waals surface area contributed by atoms with E-state index in [4.69, 9.17) is 4.55 Å². The minimum Gasteiger partial charge on any atom is -0.289 e. The summed E-state index contributed by atoms with van der Waals surface area (Å²) in [7, 11) is 0. The Morgan fingerprint density at radius 3 is 2.60 bits per heavy atom. The Morgan fingerprint density at radius 1 is 1.50 bits per heavy atom. The predicted molar refractivity (Wildman–Crippen MR) is 36.3 cm³/mol. The van der Waals surface area contributed by atoms with Crippen molar-refractivity contribution >= 4 is 17.2 Å². The van der Waals surface area contributed by atoms with Crippen LogP contribution in [0.4, 0.5) is 0 Å². The highest BCUT2D eigenvalue weighted by molar-refractivity contribution is 7.77. The molecule has 0 spiro atoms. The summed E-state index contributed by atoms with van der Waals surface area (Å²) in [6.07, 6.45) is 2.08. The summed E-state index contributed by atoms with van der Waals surface area (Å²) in [5, 5.41) is 0. The third kappa shape index (κ3) is 1.54. The first-order chi connectivity index (χ1) is 4.72. The van der Waals surface area contributed by atoms with Gasteiger partial charge in [0.2, 0.25) is 5.91 Å². The largest absolute Gasteiger partial charge is 0.289 e. The number of amides is 1. The molecule has 0 aromatic rings. The number of carbonyl (C=O) groups excluding carboxylic acids is 1. The fourth-order valence-corrected chi connectivity index (χ4v) is 1.50. The zero-order valence-electron chi connectivity index (χ0n) is 5.45. The summed E-state index contributed by atoms with van der Waals surface area (Å²) in [6, 6.07) is 0. The second-order valence-electron chi connectivity index (χ2n) is 2.18. The Bertz CT molecular complexity index is 170. The molecule has 1 heterocycles. The van der Waals surface area contributed by atoms with Gasteiger partial charge in [-0.05, 0) is 12.8 Å². The normalized spacial score (nSPS) is 22.9. The van der Waals surface area contributed by atoms with Gasteiger partial charge in [-0.3, -0.25) is 9.35 Å². The first kappa shape index (κ1) is 7.68. The number of piperidine rings is 1. The van der Waals surface area contributed by atoms with E-state index < -0.39 is 11.3 Å². The molecular formula is C5H9NO3S. The van der Waals surface area contributed by atoms with Crippen molar-refractivity contribution in [2.24, 2.45) is 0 Å². The van der Waals surface area contributed by atoms with E-state index in [0.29, 0.717) is 13.0 Å². The Morgan fingerprint density at radius 2 is 2.20 bits per heavy atom. The molecule has 58 valence electrons. The number of rotatable bonds is 1. The van der Waals surface area contributed by atoms with Crippen LogP contribution in [0.2, 0.25) is 0 Å². The van der Waals surface area contributed by atoms with Gasteiger partial charge in [0.1, 0.15) is 0 Å². The summed E-state index contributed by atoms with van der Waals surface area (Å²) >= 11 is -2.10. The first-order valence-electron chi connectivity index (χ1n) is 3.13. The number of hydrogen-bond donors (Lipinski definition) is 1. The van der Waals surface area contributed by atoms with Gasteiger partial charge >= 0.3 is 0 Å². The van der Waals surface area contributed by atoms with Crippen molar-refractivity contribution in [2.75, 3.05) is 6.54 Å². The van der Waals surface area contributed by atoms with Gasteiger partial charge in [0.15, 0.2) is 0 Å². The molecule has 1 unspecified atom stereocenters. The molecule has 0 saturated carbocycles. The van der Waals surface area contributed by atoms with Crippen LogP contribution in [0.1, 0.15) is 19.3 Å². The van der Waals surface area contributed by atoms with Crippen molar-refractivity contribution in [2.45, 2.75) is 19.3 Å². The molecule has 5 heteroatoms. The zero-order valence-corrected chi connectivity index (χ0v) is 6.26. The molecule has 0 aromatic carbocycles. The lowest BCUT2D eigenvalue weighted by Gasteiger charge is -2.21. The van der Waals surface area contributed by atoms with E-state index in [0.717, 1.165) is 17.1 Å². The monoisotopic (exact) mass is 163 g/mol. The second-order valence-corrected chi connectivity index (χ2v) is 3.09. The maximum atomic E-state index is 10.8. The highest BCUT2D eigenvalue weighted by atomic mass is 32.2. The van der Waals surface area contributed by atoms with Crippen LogP contribution in [0.5, 0.6) is 0 Å². The number of hydrogen-bond acceptors (Lipinski definition) is 2. The molecule has 1 atom stereocenters. The quantitative estimate of drug-likeness (QED) is 0.559. The Kier molecular flexibility index (Phi) is 2.39. The van der Waals surface area contributed by atoms with Gasteiger partial charge < -0.3 is 0 Å². The molecule has 0 aromatic heterocycles. The van der Waals surface area contributed by atoms with E-state index >= 15 is 0 Å². The Balaban J connectivity index is 2.56. The molecule has 0 bridgehead atoms. The van der Waals surface area contributed by atoms with Gasteiger partial charge in [-0.15, -0.1) is 0 Å². The highest BCUT2D eigenvalue weighted by Crippen LogP contribution is 2.10. The molecular weight excluding hydrogens is 154 g/mol. The van der Waals surface area contributed by atoms with Gasteiger partial charge in [-0.1, -0.05) is 0 Å². The Labute approximate surface area is 61.6 Å². The van der Waals surface area contributed by atoms with Crippen LogP contribution in [0, 0.1) is 0 Å². The predicted octanol–water partition coefficient (Wildman–Crippen LogP) is 0.136. The topological polar surface area (TPSA) is 57.6 Å². The number of carbonyl (C=O) groups is 1. The minimum absolute atomic E-state index is 0.216. The van der Waals surface area contributed by atoms with E-state index in [9.17, 15) is 9.00 Å². The third-order valence-corrected chi connectivity index (χ3v) is 2.23. The fraction of sp³-hybridized carbons (Fsp3) is 0.800. The van der Waals surface area contributed by atoms with Gasteiger partial charge in [0.25, 0.3) is 11.3 Å². The van der Waals surface area contributed by atoms with Gasteiger partial charge in [0.05, 0.1) is 0 Å². The van der Waals surface area contributed by atoms with Gasteiger partial charge in [0, 0.05) is 13.0 Å². The molecule has 1 saturated heterocycles. The molecule has 4 nitrogen and oxygen atoms in total. The lowest BCUT2D eigenvalue weighted by Crippen LogP contribution is -2.36. The maximum Gasteiger partial charge on any atom is 0.264 e. The zero-order chi connectivity index (χ0) is 7.56. The van der Waals surface area contributed by atoms with Crippen LogP contribution in [-0.2, 0) is 16.1 Å². The summed E-state index contributed by atoms with van der Waals surface area (Å²) in [4.78, 5) is 10.8. The molecule has 1 aliphatic rings.